The quantitative estimate of drug-likeness (QED) is 0.160. The summed E-state index contributed by atoms with van der Waals surface area (Å²) in [6.07, 6.45) is 8.56. The van der Waals surface area contributed by atoms with E-state index in [1.807, 2.05) is 31.2 Å². The average molecular weight is 782 g/mol. The van der Waals surface area contributed by atoms with Gasteiger partial charge < -0.3 is 26.2 Å². The van der Waals surface area contributed by atoms with Crippen LogP contribution in [0.15, 0.2) is 36.9 Å². The van der Waals surface area contributed by atoms with Crippen LogP contribution in [-0.4, -0.2) is 90.1 Å². The maximum Gasteiger partial charge on any atom is 0.315 e. The number of Topliss-reactive ketones (excluding diaryl/α,β-unsaturated/α-hetero) is 1. The van der Waals surface area contributed by atoms with Crippen molar-refractivity contribution < 1.29 is 32.4 Å². The van der Waals surface area contributed by atoms with Crippen molar-refractivity contribution in [1.29, 1.82) is 0 Å². The number of benzene rings is 1. The van der Waals surface area contributed by atoms with Crippen molar-refractivity contribution in [3.63, 3.8) is 0 Å². The maximum absolute atomic E-state index is 15.1. The first kappa shape index (κ1) is 42.4. The molecule has 3 fully saturated rings. The van der Waals surface area contributed by atoms with Crippen molar-refractivity contribution >= 4 is 39.4 Å². The monoisotopic (exact) mass is 781 g/mol. The summed E-state index contributed by atoms with van der Waals surface area (Å²) in [5.41, 5.74) is 0.858. The lowest BCUT2D eigenvalue weighted by Gasteiger charge is -2.48. The molecule has 1 saturated heterocycles. The predicted octanol–water partition coefficient (Wildman–Crippen LogP) is 4.40. The molecule has 55 heavy (non-hydrogen) atoms. The molecule has 1 aliphatic heterocycles. The summed E-state index contributed by atoms with van der Waals surface area (Å²) in [5, 5.41) is 11.5. The standard InChI is InChI=1S/C42H63N5O7S/c1-8-20-43-37(50)35(48)32(21-28-16-17-28)44-36(49)33-24-41(6,7)27(2)25-47(33)38(51)34(31-22-29-14-10-11-15-30(29)23-31)45-39(52)46-42(18-12-9-13-19-42)26-55(53,54)40(3,4)5/h8,10-11,14-15,27-28,31-34H,1,9,12-13,16-26H2,2-7H3,(H,43,50)(H,44,49)(H2,45,46,52)/t27?,32?,33-,34-/m0/s1. The molecule has 1 heterocycles. The van der Waals surface area contributed by atoms with Crippen LogP contribution in [0.3, 0.4) is 0 Å². The highest BCUT2D eigenvalue weighted by molar-refractivity contribution is 7.92. The maximum atomic E-state index is 15.1. The number of ketones is 1. The largest absolute Gasteiger partial charge is 0.346 e. The fourth-order valence-corrected chi connectivity index (χ4v) is 10.00. The lowest BCUT2D eigenvalue weighted by atomic mass is 9.71. The highest BCUT2D eigenvalue weighted by Gasteiger charge is 2.49. The minimum Gasteiger partial charge on any atom is -0.346 e. The van der Waals surface area contributed by atoms with E-state index in [-0.39, 0.29) is 42.0 Å². The van der Waals surface area contributed by atoms with E-state index < -0.39 is 67.8 Å². The summed E-state index contributed by atoms with van der Waals surface area (Å²) in [6, 6.07) is 4.33. The number of rotatable bonds is 14. The molecule has 13 heteroatoms. The van der Waals surface area contributed by atoms with Crippen molar-refractivity contribution in [2.45, 2.75) is 141 Å². The van der Waals surface area contributed by atoms with Gasteiger partial charge in [-0.05, 0) is 93.6 Å². The summed E-state index contributed by atoms with van der Waals surface area (Å²) in [4.78, 5) is 71.3. The number of nitrogens with zero attached hydrogens (tertiary/aromatic N) is 1. The van der Waals surface area contributed by atoms with E-state index in [0.717, 1.165) is 43.2 Å². The normalized spacial score (nSPS) is 23.4. The third kappa shape index (κ3) is 10.2. The molecule has 0 spiro atoms. The zero-order chi connectivity index (χ0) is 40.3. The summed E-state index contributed by atoms with van der Waals surface area (Å²) in [5.74, 6) is -2.71. The highest BCUT2D eigenvalue weighted by Crippen LogP contribution is 2.40. The van der Waals surface area contributed by atoms with Crippen LogP contribution in [0.1, 0.15) is 110 Å². The van der Waals surface area contributed by atoms with Crippen LogP contribution in [0.4, 0.5) is 4.79 Å². The number of hydrogen-bond acceptors (Lipinski definition) is 7. The molecule has 3 aliphatic carbocycles. The second-order valence-electron chi connectivity index (χ2n) is 18.4. The van der Waals surface area contributed by atoms with Crippen LogP contribution in [0.2, 0.25) is 0 Å². The van der Waals surface area contributed by atoms with Gasteiger partial charge in [-0.3, -0.25) is 19.2 Å². The molecule has 1 aromatic rings. The van der Waals surface area contributed by atoms with Gasteiger partial charge in [0.15, 0.2) is 9.84 Å². The molecule has 304 valence electrons. The number of sulfone groups is 1. The van der Waals surface area contributed by atoms with Gasteiger partial charge in [-0.1, -0.05) is 83.2 Å². The zero-order valence-electron chi connectivity index (χ0n) is 33.7. The summed E-state index contributed by atoms with van der Waals surface area (Å²) >= 11 is 0. The first-order valence-electron chi connectivity index (χ1n) is 20.2. The van der Waals surface area contributed by atoms with Crippen molar-refractivity contribution in [2.24, 2.45) is 23.2 Å². The Labute approximate surface area is 327 Å². The molecule has 5 amide bonds. The van der Waals surface area contributed by atoms with E-state index in [1.54, 1.807) is 25.7 Å². The predicted molar refractivity (Wildman–Crippen MR) is 213 cm³/mol. The van der Waals surface area contributed by atoms with Crippen molar-refractivity contribution in [1.82, 2.24) is 26.2 Å². The van der Waals surface area contributed by atoms with E-state index in [2.05, 4.69) is 41.7 Å². The van der Waals surface area contributed by atoms with Gasteiger partial charge in [-0.25, -0.2) is 13.2 Å². The molecule has 4 aliphatic rings. The fraction of sp³-hybridized carbons (Fsp3) is 0.690. The van der Waals surface area contributed by atoms with Gasteiger partial charge in [-0.15, -0.1) is 6.58 Å². The van der Waals surface area contributed by atoms with Gasteiger partial charge in [0.1, 0.15) is 12.1 Å². The summed E-state index contributed by atoms with van der Waals surface area (Å²) in [7, 11) is -3.60. The van der Waals surface area contributed by atoms with Crippen LogP contribution in [0.25, 0.3) is 0 Å². The molecular weight excluding hydrogens is 719 g/mol. The van der Waals surface area contributed by atoms with Gasteiger partial charge in [0.2, 0.25) is 17.6 Å². The number of piperidine rings is 1. The molecule has 4 atom stereocenters. The van der Waals surface area contributed by atoms with E-state index >= 15 is 4.79 Å². The topological polar surface area (TPSA) is 171 Å². The number of likely N-dealkylation sites (tertiary alicyclic amines) is 1. The smallest absolute Gasteiger partial charge is 0.315 e. The van der Waals surface area contributed by atoms with E-state index in [1.165, 1.54) is 6.08 Å². The van der Waals surface area contributed by atoms with Gasteiger partial charge >= 0.3 is 6.03 Å². The fourth-order valence-electron chi connectivity index (χ4n) is 8.47. The Morgan fingerprint density at radius 2 is 1.60 bits per heavy atom. The van der Waals surface area contributed by atoms with Gasteiger partial charge in [0, 0.05) is 13.1 Å². The van der Waals surface area contributed by atoms with Crippen LogP contribution >= 0.6 is 0 Å². The highest BCUT2D eigenvalue weighted by atomic mass is 32.2. The Morgan fingerprint density at radius 1 is 0.982 bits per heavy atom. The van der Waals surface area contributed by atoms with Crippen LogP contribution in [-0.2, 0) is 41.9 Å². The van der Waals surface area contributed by atoms with Gasteiger partial charge in [0.05, 0.1) is 22.1 Å². The van der Waals surface area contributed by atoms with E-state index in [9.17, 15) is 27.6 Å². The van der Waals surface area contributed by atoms with Crippen LogP contribution in [0, 0.1) is 23.2 Å². The van der Waals surface area contributed by atoms with Crippen molar-refractivity contribution in [2.75, 3.05) is 18.8 Å². The Hall–Kier alpha value is -3.74. The van der Waals surface area contributed by atoms with Crippen LogP contribution in [0.5, 0.6) is 0 Å². The molecule has 5 rings (SSSR count). The lowest BCUT2D eigenvalue weighted by Crippen LogP contribution is -2.65. The summed E-state index contributed by atoms with van der Waals surface area (Å²) < 4.78 is 26.0. The van der Waals surface area contributed by atoms with E-state index in [4.69, 9.17) is 0 Å². The summed E-state index contributed by atoms with van der Waals surface area (Å²) in [6.45, 7) is 15.1. The Balaban J connectivity index is 1.44. The third-order valence-corrected chi connectivity index (χ3v) is 15.5. The Kier molecular flexibility index (Phi) is 12.9. The zero-order valence-corrected chi connectivity index (χ0v) is 34.5. The van der Waals surface area contributed by atoms with Gasteiger partial charge in [-0.2, -0.15) is 0 Å². The minimum atomic E-state index is -3.60. The van der Waals surface area contributed by atoms with Crippen molar-refractivity contribution in [3.8, 4) is 0 Å². The average Bonchev–Trinajstić information content (AvgIpc) is 3.83. The van der Waals surface area contributed by atoms with Crippen molar-refractivity contribution in [3.05, 3.63) is 48.0 Å². The third-order valence-electron chi connectivity index (χ3n) is 12.7. The number of urea groups is 1. The Morgan fingerprint density at radius 3 is 2.16 bits per heavy atom. The van der Waals surface area contributed by atoms with Crippen LogP contribution < -0.4 is 21.3 Å². The molecule has 2 unspecified atom stereocenters. The lowest BCUT2D eigenvalue weighted by molar-refractivity contribution is -0.150. The SMILES string of the molecule is C=CCNC(=O)C(=O)C(CC1CC1)NC(=O)[C@@H]1CC(C)(C)C(C)CN1C(=O)[C@@H](NC(=O)NC1(CS(=O)(=O)C(C)(C)C)CCCCC1)C1Cc2ccccc2C1. The second-order valence-corrected chi connectivity index (χ2v) is 21.2. The number of fused-ring (bicyclic) bond motifs is 1. The molecule has 4 N–H and O–H groups in total. The second kappa shape index (κ2) is 16.8. The first-order valence-corrected chi connectivity index (χ1v) is 21.8. The number of carbonyl (C=O) groups excluding carboxylic acids is 5. The van der Waals surface area contributed by atoms with Gasteiger partial charge in [0.25, 0.3) is 5.91 Å². The molecule has 0 aromatic heterocycles. The molecular formula is C42H63N5O7S. The first-order chi connectivity index (χ1) is 25.8. The number of carbonyl (C=O) groups is 5. The molecule has 12 nitrogen and oxygen atoms in total. The minimum absolute atomic E-state index is 0.00237. The number of nitrogens with one attached hydrogen (secondary N) is 4. The number of amides is 5. The number of hydrogen-bond donors (Lipinski definition) is 4. The molecule has 0 radical (unpaired) electrons. The Bertz CT molecular complexity index is 1720. The molecule has 0 bridgehead atoms. The molecule has 1 aromatic carbocycles. The molecule has 2 saturated carbocycles. The van der Waals surface area contributed by atoms with E-state index in [0.29, 0.717) is 38.5 Å².